The Morgan fingerprint density at radius 1 is 1.19 bits per heavy atom. The van der Waals surface area contributed by atoms with E-state index in [1.54, 1.807) is 12.3 Å². The van der Waals surface area contributed by atoms with E-state index in [1.807, 2.05) is 37.3 Å². The molecule has 134 valence electrons. The Hall–Kier alpha value is -2.37. The van der Waals surface area contributed by atoms with Crippen LogP contribution >= 0.6 is 0 Å². The molecule has 3 nitrogen and oxygen atoms in total. The van der Waals surface area contributed by atoms with E-state index < -0.39 is 11.2 Å². The second-order valence-corrected chi connectivity index (χ2v) is 7.51. The second-order valence-electron chi connectivity index (χ2n) is 6.13. The third-order valence-corrected chi connectivity index (χ3v) is 5.46. The summed E-state index contributed by atoms with van der Waals surface area (Å²) < 4.78 is 30.1. The highest BCUT2D eigenvalue weighted by Gasteiger charge is 2.26. The molecule has 0 bridgehead atoms. The van der Waals surface area contributed by atoms with Crippen molar-refractivity contribution in [2.75, 3.05) is 13.4 Å². The number of rotatable bonds is 4. The zero-order valence-electron chi connectivity index (χ0n) is 14.8. The fourth-order valence-electron chi connectivity index (χ4n) is 3.12. The lowest BCUT2D eigenvalue weighted by Gasteiger charge is -2.06. The molecular formula is C21H19FO3S. The van der Waals surface area contributed by atoms with Crippen molar-refractivity contribution in [3.63, 3.8) is 0 Å². The summed E-state index contributed by atoms with van der Waals surface area (Å²) in [5.74, 6) is -0.694. The van der Waals surface area contributed by atoms with Crippen LogP contribution < -0.4 is 0 Å². The van der Waals surface area contributed by atoms with E-state index in [1.165, 1.54) is 19.2 Å². The number of carbonyl (C=O) groups is 1. The van der Waals surface area contributed by atoms with E-state index in [2.05, 4.69) is 0 Å². The Labute approximate surface area is 155 Å². The Kier molecular flexibility index (Phi) is 5.30. The minimum Gasteiger partial charge on any atom is -0.612 e. The lowest BCUT2D eigenvalue weighted by molar-refractivity contribution is -0.139. The molecule has 0 saturated heterocycles. The van der Waals surface area contributed by atoms with Crippen molar-refractivity contribution >= 4 is 34.4 Å². The van der Waals surface area contributed by atoms with Crippen LogP contribution in [-0.4, -0.2) is 23.9 Å². The number of ether oxygens (including phenoxy) is 1. The van der Waals surface area contributed by atoms with Gasteiger partial charge in [0.25, 0.3) is 0 Å². The van der Waals surface area contributed by atoms with Crippen LogP contribution in [0.4, 0.5) is 4.39 Å². The summed E-state index contributed by atoms with van der Waals surface area (Å²) in [5.41, 5.74) is 5.23. The summed E-state index contributed by atoms with van der Waals surface area (Å²) >= 11 is -1.02. The maximum atomic E-state index is 13.8. The summed E-state index contributed by atoms with van der Waals surface area (Å²) in [4.78, 5) is 12.5. The molecule has 1 atom stereocenters. The largest absolute Gasteiger partial charge is 0.612 e. The molecule has 2 aromatic carbocycles. The monoisotopic (exact) mass is 370 g/mol. The first-order chi connectivity index (χ1) is 12.4. The molecule has 0 radical (unpaired) electrons. The number of methoxy groups -OCH3 is 1. The molecule has 0 N–H and O–H groups in total. The van der Waals surface area contributed by atoms with Gasteiger partial charge in [-0.2, -0.15) is 0 Å². The molecule has 0 saturated carbocycles. The van der Waals surface area contributed by atoms with E-state index in [0.29, 0.717) is 0 Å². The van der Waals surface area contributed by atoms with Crippen LogP contribution in [0.2, 0.25) is 0 Å². The quantitative estimate of drug-likeness (QED) is 0.590. The minimum atomic E-state index is -1.02. The summed E-state index contributed by atoms with van der Waals surface area (Å²) in [6, 6.07) is 12.1. The molecule has 5 heteroatoms. The first kappa shape index (κ1) is 18.4. The lowest BCUT2D eigenvalue weighted by atomic mass is 10.0. The van der Waals surface area contributed by atoms with Gasteiger partial charge in [0.15, 0.2) is 4.90 Å². The third kappa shape index (κ3) is 3.59. The third-order valence-electron chi connectivity index (χ3n) is 4.53. The van der Waals surface area contributed by atoms with E-state index in [9.17, 15) is 13.7 Å². The maximum Gasteiger partial charge on any atom is 0.310 e. The molecule has 0 aromatic heterocycles. The number of carbonyl (C=O) groups excluding carboxylic acids is 1. The fourth-order valence-corrected chi connectivity index (χ4v) is 3.64. The molecule has 0 unspecified atom stereocenters. The van der Waals surface area contributed by atoms with Gasteiger partial charge in [-0.15, -0.1) is 0 Å². The number of halogens is 1. The molecule has 1 aliphatic carbocycles. The fraction of sp³-hybridized carbons (Fsp3) is 0.190. The smallest absolute Gasteiger partial charge is 0.310 e. The molecule has 0 fully saturated rings. The number of fused-ring (bicyclic) bond motifs is 1. The molecule has 0 amide bonds. The topological polar surface area (TPSA) is 49.4 Å². The number of benzene rings is 2. The van der Waals surface area contributed by atoms with Gasteiger partial charge in [-0.3, -0.25) is 4.79 Å². The van der Waals surface area contributed by atoms with Crippen molar-refractivity contribution in [1.82, 2.24) is 0 Å². The normalized spacial score (nSPS) is 16.0. The van der Waals surface area contributed by atoms with Gasteiger partial charge in [0, 0.05) is 0 Å². The highest BCUT2D eigenvalue weighted by atomic mass is 32.2. The molecule has 1 aliphatic rings. The van der Waals surface area contributed by atoms with Crippen molar-refractivity contribution in [2.24, 2.45) is 0 Å². The Bertz CT molecular complexity index is 911. The van der Waals surface area contributed by atoms with Gasteiger partial charge in [-0.1, -0.05) is 6.07 Å². The summed E-state index contributed by atoms with van der Waals surface area (Å²) in [6.07, 6.45) is 3.74. The van der Waals surface area contributed by atoms with Gasteiger partial charge >= 0.3 is 5.97 Å². The van der Waals surface area contributed by atoms with E-state index >= 15 is 0 Å². The van der Waals surface area contributed by atoms with Gasteiger partial charge in [-0.05, 0) is 94.0 Å². The Morgan fingerprint density at radius 2 is 1.88 bits per heavy atom. The molecule has 3 rings (SSSR count). The van der Waals surface area contributed by atoms with Gasteiger partial charge < -0.3 is 9.29 Å². The van der Waals surface area contributed by atoms with Crippen molar-refractivity contribution in [2.45, 2.75) is 18.2 Å². The highest BCUT2D eigenvalue weighted by molar-refractivity contribution is 7.90. The van der Waals surface area contributed by atoms with Crippen LogP contribution in [0.25, 0.3) is 17.2 Å². The van der Waals surface area contributed by atoms with Crippen LogP contribution in [0, 0.1) is 5.82 Å². The molecular weight excluding hydrogens is 351 g/mol. The van der Waals surface area contributed by atoms with Gasteiger partial charge in [0.1, 0.15) is 12.1 Å². The molecule has 0 heterocycles. The lowest BCUT2D eigenvalue weighted by Crippen LogP contribution is -2.01. The Balaban J connectivity index is 2.07. The highest BCUT2D eigenvalue weighted by Crippen LogP contribution is 2.43. The van der Waals surface area contributed by atoms with Gasteiger partial charge in [0.05, 0.1) is 13.5 Å². The molecule has 0 aliphatic heterocycles. The van der Waals surface area contributed by atoms with Crippen molar-refractivity contribution < 1.29 is 18.5 Å². The van der Waals surface area contributed by atoms with Gasteiger partial charge in [-0.25, -0.2) is 4.39 Å². The van der Waals surface area contributed by atoms with Crippen molar-refractivity contribution in [3.8, 4) is 0 Å². The van der Waals surface area contributed by atoms with Crippen LogP contribution in [0.3, 0.4) is 0 Å². The standard InChI is InChI=1S/C21H19FO3S/c1-13-18(10-14-4-7-16(8-5-14)26(3)24)17-9-6-15(22)11-20(17)19(13)12-21(23)25-2/h4-11H,12H2,1-3H3/b18-10-/t26-/m1/s1. The predicted molar refractivity (Wildman–Crippen MR) is 102 cm³/mol. The van der Waals surface area contributed by atoms with E-state index in [0.717, 1.165) is 38.3 Å². The summed E-state index contributed by atoms with van der Waals surface area (Å²) in [7, 11) is 1.34. The Morgan fingerprint density at radius 3 is 2.50 bits per heavy atom. The van der Waals surface area contributed by atoms with Crippen molar-refractivity contribution in [3.05, 3.63) is 70.5 Å². The summed E-state index contributed by atoms with van der Waals surface area (Å²) in [5, 5.41) is 0. The second kappa shape index (κ2) is 7.48. The number of hydrogen-bond donors (Lipinski definition) is 0. The predicted octanol–water partition coefficient (Wildman–Crippen LogP) is 4.45. The maximum absolute atomic E-state index is 13.8. The van der Waals surface area contributed by atoms with Crippen LogP contribution in [0.15, 0.2) is 52.9 Å². The van der Waals surface area contributed by atoms with Crippen molar-refractivity contribution in [1.29, 1.82) is 0 Å². The molecule has 2 aromatic rings. The minimum absolute atomic E-state index is 0.101. The van der Waals surface area contributed by atoms with Crippen LogP contribution in [-0.2, 0) is 20.7 Å². The zero-order valence-corrected chi connectivity index (χ0v) is 15.7. The summed E-state index contributed by atoms with van der Waals surface area (Å²) in [6.45, 7) is 1.93. The molecule has 0 spiro atoms. The average molecular weight is 370 g/mol. The first-order valence-corrected chi connectivity index (χ1v) is 9.69. The van der Waals surface area contributed by atoms with E-state index in [-0.39, 0.29) is 18.2 Å². The van der Waals surface area contributed by atoms with Crippen LogP contribution in [0.5, 0.6) is 0 Å². The zero-order chi connectivity index (χ0) is 18.8. The number of hydrogen-bond acceptors (Lipinski definition) is 3. The number of esters is 1. The number of allylic oxidation sites excluding steroid dienone is 2. The molecule has 26 heavy (non-hydrogen) atoms. The van der Waals surface area contributed by atoms with Crippen LogP contribution in [0.1, 0.15) is 30.0 Å². The average Bonchev–Trinajstić information content (AvgIpc) is 2.87. The van der Waals surface area contributed by atoms with Gasteiger partial charge in [0.2, 0.25) is 0 Å². The SMILES string of the molecule is COC(=O)CC1=C(C)/C(=C/c2ccc([S@@+](C)[O-])cc2)c2ccc(F)cc21. The van der Waals surface area contributed by atoms with E-state index in [4.69, 9.17) is 4.74 Å². The first-order valence-electron chi connectivity index (χ1n) is 8.13.